The number of rotatable bonds is 5. The van der Waals surface area contributed by atoms with Gasteiger partial charge in [-0.25, -0.2) is 4.98 Å². The van der Waals surface area contributed by atoms with E-state index in [1.54, 1.807) is 42.6 Å². The van der Waals surface area contributed by atoms with Crippen molar-refractivity contribution in [2.75, 3.05) is 0 Å². The van der Waals surface area contributed by atoms with Gasteiger partial charge < -0.3 is 14.1 Å². The van der Waals surface area contributed by atoms with Crippen molar-refractivity contribution in [3.05, 3.63) is 89.6 Å². The minimum absolute atomic E-state index is 0.209. The van der Waals surface area contributed by atoms with Gasteiger partial charge in [-0.05, 0) is 42.8 Å². The minimum Gasteiger partial charge on any atom is -0.486 e. The van der Waals surface area contributed by atoms with Crippen LogP contribution in [0.1, 0.15) is 32.1 Å². The summed E-state index contributed by atoms with van der Waals surface area (Å²) in [6.45, 7) is 2.20. The summed E-state index contributed by atoms with van der Waals surface area (Å²) in [5.74, 6) is -0.527. The van der Waals surface area contributed by atoms with Gasteiger partial charge in [-0.3, -0.25) is 20.4 Å². The highest BCUT2D eigenvalue weighted by molar-refractivity contribution is 5.99. The molecule has 146 valence electrons. The molecule has 4 aromatic rings. The molecule has 3 N–H and O–H groups in total. The summed E-state index contributed by atoms with van der Waals surface area (Å²) < 4.78 is 7.77. The van der Waals surface area contributed by atoms with E-state index in [4.69, 9.17) is 4.74 Å². The molecule has 0 fully saturated rings. The summed E-state index contributed by atoms with van der Waals surface area (Å²) in [7, 11) is 0. The van der Waals surface area contributed by atoms with Crippen molar-refractivity contribution >= 4 is 17.5 Å². The zero-order valence-corrected chi connectivity index (χ0v) is 15.7. The van der Waals surface area contributed by atoms with E-state index >= 15 is 0 Å². The Kier molecular flexibility index (Phi) is 4.98. The van der Waals surface area contributed by atoms with E-state index in [1.165, 1.54) is 0 Å². The number of aromatic amines is 1. The van der Waals surface area contributed by atoms with E-state index in [1.807, 2.05) is 35.9 Å². The van der Waals surface area contributed by atoms with Crippen LogP contribution in [0.2, 0.25) is 0 Å². The number of hydrogen-bond donors (Lipinski definition) is 3. The molecule has 1 aromatic carbocycles. The molecular formula is C21H19N5O3. The lowest BCUT2D eigenvalue weighted by molar-refractivity contribution is 0.0841. The summed E-state index contributed by atoms with van der Waals surface area (Å²) in [4.78, 5) is 31.8. The number of carbonyl (C=O) groups excluding carboxylic acids is 2. The van der Waals surface area contributed by atoms with Crippen molar-refractivity contribution in [1.82, 2.24) is 25.2 Å². The van der Waals surface area contributed by atoms with Crippen molar-refractivity contribution in [3.63, 3.8) is 0 Å². The van der Waals surface area contributed by atoms with Gasteiger partial charge in [0.15, 0.2) is 0 Å². The summed E-state index contributed by atoms with van der Waals surface area (Å²) in [6.07, 6.45) is 5.44. The molecule has 3 aromatic heterocycles. The molecule has 0 spiro atoms. The fraction of sp³-hybridized carbons (Fsp3) is 0.0952. The second kappa shape index (κ2) is 7.89. The van der Waals surface area contributed by atoms with Crippen LogP contribution in [0.4, 0.5) is 0 Å². The third kappa shape index (κ3) is 3.96. The summed E-state index contributed by atoms with van der Waals surface area (Å²) >= 11 is 0. The molecule has 0 radical (unpaired) electrons. The number of hydrogen-bond acceptors (Lipinski definition) is 4. The van der Waals surface area contributed by atoms with Crippen molar-refractivity contribution in [2.24, 2.45) is 0 Å². The number of amides is 2. The lowest BCUT2D eigenvalue weighted by atomic mass is 10.2. The Hall–Kier alpha value is -4.07. The van der Waals surface area contributed by atoms with Crippen LogP contribution < -0.4 is 15.6 Å². The SMILES string of the molecule is Cc1cccn2cc(COc3ccccc3C(=O)NNC(=O)c3ccc[nH]3)nc12. The maximum absolute atomic E-state index is 12.5. The van der Waals surface area contributed by atoms with Gasteiger partial charge in [0.1, 0.15) is 23.7 Å². The van der Waals surface area contributed by atoms with Crippen molar-refractivity contribution in [3.8, 4) is 5.75 Å². The highest BCUT2D eigenvalue weighted by atomic mass is 16.5. The fourth-order valence-corrected chi connectivity index (χ4v) is 2.93. The fourth-order valence-electron chi connectivity index (χ4n) is 2.93. The van der Waals surface area contributed by atoms with E-state index in [0.29, 0.717) is 17.0 Å². The van der Waals surface area contributed by atoms with Gasteiger partial charge in [0.2, 0.25) is 0 Å². The maximum atomic E-state index is 12.5. The number of aryl methyl sites for hydroxylation is 1. The predicted octanol–water partition coefficient (Wildman–Crippen LogP) is 2.62. The van der Waals surface area contributed by atoms with Crippen molar-refractivity contribution in [1.29, 1.82) is 0 Å². The van der Waals surface area contributed by atoms with E-state index < -0.39 is 11.8 Å². The number of aromatic nitrogens is 3. The first-order valence-corrected chi connectivity index (χ1v) is 9.01. The molecule has 0 saturated carbocycles. The first-order chi connectivity index (χ1) is 14.1. The normalized spacial score (nSPS) is 10.7. The number of H-pyrrole nitrogens is 1. The van der Waals surface area contributed by atoms with Crippen LogP contribution in [0.15, 0.2) is 67.1 Å². The Morgan fingerprint density at radius 3 is 2.69 bits per heavy atom. The molecule has 0 atom stereocenters. The Bertz CT molecular complexity index is 1160. The van der Waals surface area contributed by atoms with Gasteiger partial charge in [0.05, 0.1) is 11.3 Å². The van der Waals surface area contributed by atoms with Gasteiger partial charge in [-0.1, -0.05) is 18.2 Å². The Morgan fingerprint density at radius 1 is 1.07 bits per heavy atom. The molecule has 29 heavy (non-hydrogen) atoms. The molecule has 0 aliphatic rings. The number of imidazole rings is 1. The first kappa shape index (κ1) is 18.3. The van der Waals surface area contributed by atoms with Crippen LogP contribution in [0.25, 0.3) is 5.65 Å². The number of nitrogens with zero attached hydrogens (tertiary/aromatic N) is 2. The van der Waals surface area contributed by atoms with Gasteiger partial charge in [-0.15, -0.1) is 0 Å². The van der Waals surface area contributed by atoms with Crippen LogP contribution in [0.5, 0.6) is 5.75 Å². The number of para-hydroxylation sites is 1. The number of carbonyl (C=O) groups is 2. The standard InChI is InChI=1S/C21H19N5O3/c1-14-6-5-11-26-12-15(23-19(14)26)13-29-18-9-3-2-7-16(18)20(27)24-25-21(28)17-8-4-10-22-17/h2-12,22H,13H2,1H3,(H,24,27)(H,25,28). The average molecular weight is 389 g/mol. The van der Waals surface area contributed by atoms with Gasteiger partial charge >= 0.3 is 0 Å². The van der Waals surface area contributed by atoms with Crippen molar-refractivity contribution in [2.45, 2.75) is 13.5 Å². The van der Waals surface area contributed by atoms with Gasteiger partial charge in [-0.2, -0.15) is 0 Å². The Labute approximate surface area is 166 Å². The van der Waals surface area contributed by atoms with E-state index in [-0.39, 0.29) is 6.61 Å². The zero-order valence-electron chi connectivity index (χ0n) is 15.7. The molecule has 0 unspecified atom stereocenters. The van der Waals surface area contributed by atoms with Crippen LogP contribution in [-0.4, -0.2) is 26.2 Å². The zero-order chi connectivity index (χ0) is 20.2. The largest absolute Gasteiger partial charge is 0.486 e. The number of benzene rings is 1. The molecule has 0 aliphatic carbocycles. The maximum Gasteiger partial charge on any atom is 0.286 e. The molecule has 0 bridgehead atoms. The van der Waals surface area contributed by atoms with Crippen LogP contribution in [0, 0.1) is 6.92 Å². The lowest BCUT2D eigenvalue weighted by Crippen LogP contribution is -2.41. The molecule has 2 amide bonds. The average Bonchev–Trinajstić information content (AvgIpc) is 3.41. The van der Waals surface area contributed by atoms with Crippen molar-refractivity contribution < 1.29 is 14.3 Å². The summed E-state index contributed by atoms with van der Waals surface area (Å²) in [6, 6.07) is 14.1. The van der Waals surface area contributed by atoms with Crippen LogP contribution in [-0.2, 0) is 6.61 Å². The number of nitrogens with one attached hydrogen (secondary N) is 3. The Balaban J connectivity index is 1.44. The highest BCUT2D eigenvalue weighted by Gasteiger charge is 2.14. The quantitative estimate of drug-likeness (QED) is 0.457. The van der Waals surface area contributed by atoms with E-state index in [9.17, 15) is 9.59 Å². The van der Waals surface area contributed by atoms with E-state index in [2.05, 4.69) is 20.8 Å². The molecule has 4 rings (SSSR count). The van der Waals surface area contributed by atoms with Crippen LogP contribution >= 0.6 is 0 Å². The number of hydrazine groups is 1. The topological polar surface area (TPSA) is 101 Å². The first-order valence-electron chi connectivity index (χ1n) is 9.01. The highest BCUT2D eigenvalue weighted by Crippen LogP contribution is 2.19. The molecule has 8 nitrogen and oxygen atoms in total. The molecule has 8 heteroatoms. The number of ether oxygens (including phenoxy) is 1. The minimum atomic E-state index is -0.480. The monoisotopic (exact) mass is 389 g/mol. The third-order valence-corrected chi connectivity index (χ3v) is 4.37. The predicted molar refractivity (Wildman–Crippen MR) is 106 cm³/mol. The lowest BCUT2D eigenvalue weighted by Gasteiger charge is -2.11. The summed E-state index contributed by atoms with van der Waals surface area (Å²) in [5.41, 5.74) is 8.09. The molecular weight excluding hydrogens is 370 g/mol. The number of fused-ring (bicyclic) bond motifs is 1. The van der Waals surface area contributed by atoms with Crippen LogP contribution in [0.3, 0.4) is 0 Å². The molecule has 3 heterocycles. The van der Waals surface area contributed by atoms with Gasteiger partial charge in [0.25, 0.3) is 11.8 Å². The number of pyridine rings is 1. The Morgan fingerprint density at radius 2 is 1.90 bits per heavy atom. The summed E-state index contributed by atoms with van der Waals surface area (Å²) in [5, 5.41) is 0. The molecule has 0 aliphatic heterocycles. The molecule has 0 saturated heterocycles. The second-order valence-corrected chi connectivity index (χ2v) is 6.43. The second-order valence-electron chi connectivity index (χ2n) is 6.43. The third-order valence-electron chi connectivity index (χ3n) is 4.37. The van der Waals surface area contributed by atoms with E-state index in [0.717, 1.165) is 16.9 Å². The smallest absolute Gasteiger partial charge is 0.286 e. The van der Waals surface area contributed by atoms with Gasteiger partial charge in [0, 0.05) is 18.6 Å².